The molecule has 4 aromatic carbocycles. The van der Waals surface area contributed by atoms with Gasteiger partial charge in [0, 0.05) is 10.7 Å². The largest absolute Gasteiger partial charge is 0.451 e. The first-order valence-electron chi connectivity index (χ1n) is 11.3. The minimum absolute atomic E-state index is 0.193. The van der Waals surface area contributed by atoms with Gasteiger partial charge < -0.3 is 4.74 Å². The van der Waals surface area contributed by atoms with Crippen LogP contribution in [0.5, 0.6) is 0 Å². The van der Waals surface area contributed by atoms with Crippen LogP contribution in [0, 0.1) is 10.7 Å². The van der Waals surface area contributed by atoms with Gasteiger partial charge in [0.25, 0.3) is 0 Å². The molecule has 6 heteroatoms. The van der Waals surface area contributed by atoms with Gasteiger partial charge in [0.1, 0.15) is 5.60 Å². The molecule has 1 aliphatic rings. The Bertz CT molecular complexity index is 1300. The molecule has 5 rings (SSSR count). The van der Waals surface area contributed by atoms with Crippen LogP contribution in [0.2, 0.25) is 0 Å². The highest BCUT2D eigenvalue weighted by atomic mass is 127. The first-order valence-corrected chi connectivity index (χ1v) is 15.8. The number of ether oxygens (including phenoxy) is 1. The van der Waals surface area contributed by atoms with Crippen molar-refractivity contribution in [1.82, 2.24) is 0 Å². The van der Waals surface area contributed by atoms with Crippen LogP contribution >= 0.6 is 67.8 Å². The fourth-order valence-electron chi connectivity index (χ4n) is 4.31. The van der Waals surface area contributed by atoms with Crippen molar-refractivity contribution in [2.24, 2.45) is 0 Å². The van der Waals surface area contributed by atoms with E-state index in [4.69, 9.17) is 4.74 Å². The molecule has 0 bridgehead atoms. The summed E-state index contributed by atoms with van der Waals surface area (Å²) in [5, 5.41) is 0. The van der Waals surface area contributed by atoms with E-state index in [-0.39, 0.29) is 16.9 Å². The van der Waals surface area contributed by atoms with Gasteiger partial charge in [-0.05, 0) is 141 Å². The van der Waals surface area contributed by atoms with Crippen LogP contribution in [-0.2, 0) is 21.2 Å². The van der Waals surface area contributed by atoms with E-state index >= 15 is 0 Å². The molecule has 4 aromatic rings. The van der Waals surface area contributed by atoms with Crippen LogP contribution in [0.1, 0.15) is 35.2 Å². The molecular weight excluding hydrogens is 793 g/mol. The Morgan fingerprint density at radius 3 is 1.71 bits per heavy atom. The van der Waals surface area contributed by atoms with Gasteiger partial charge in [0.05, 0.1) is 16.5 Å². The summed E-state index contributed by atoms with van der Waals surface area (Å²) < 4.78 is 9.23. The van der Waals surface area contributed by atoms with E-state index in [1.807, 2.05) is 12.1 Å². The second kappa shape index (κ2) is 11.1. The summed E-state index contributed by atoms with van der Waals surface area (Å²) in [6.07, 6.45) is 2.78. The molecule has 0 heterocycles. The predicted octanol–water partition coefficient (Wildman–Crippen LogP) is 8.83. The van der Waals surface area contributed by atoms with Gasteiger partial charge in [-0.1, -0.05) is 48.5 Å². The smallest absolute Gasteiger partial charge is 0.341 e. The van der Waals surface area contributed by atoms with E-state index in [0.717, 1.165) is 35.5 Å². The summed E-state index contributed by atoms with van der Waals surface area (Å²) in [4.78, 5) is 17.2. The molecule has 0 unspecified atom stereocenters. The van der Waals surface area contributed by atoms with Gasteiger partial charge in [-0.15, -0.1) is 0 Å². The molecular formula is C29H22I3O2S+. The second-order valence-corrected chi connectivity index (χ2v) is 13.8. The monoisotopic (exact) mass is 815 g/mol. The molecule has 0 atom stereocenters. The number of carbonyl (C=O) groups is 1. The maximum atomic E-state index is 13.3. The number of benzene rings is 4. The predicted molar refractivity (Wildman–Crippen MR) is 167 cm³/mol. The molecule has 0 amide bonds. The normalized spacial score (nSPS) is 14.4. The Hall–Kier alpha value is -1.11. The SMILES string of the molecule is O=C(OC1(c2ccc([S+](c3ccccc3)c3ccccc3)cc2)CCC1)c1c(I)ccc(I)c1I. The van der Waals surface area contributed by atoms with Crippen LogP contribution in [0.15, 0.2) is 112 Å². The zero-order valence-electron chi connectivity index (χ0n) is 18.7. The minimum Gasteiger partial charge on any atom is -0.451 e. The van der Waals surface area contributed by atoms with Gasteiger partial charge in [0.2, 0.25) is 0 Å². The Labute approximate surface area is 250 Å². The van der Waals surface area contributed by atoms with E-state index in [0.29, 0.717) is 5.56 Å². The van der Waals surface area contributed by atoms with Crippen molar-refractivity contribution < 1.29 is 9.53 Å². The van der Waals surface area contributed by atoms with Crippen LogP contribution < -0.4 is 0 Å². The maximum absolute atomic E-state index is 13.3. The molecule has 0 radical (unpaired) electrons. The lowest BCUT2D eigenvalue weighted by molar-refractivity contribution is -0.0673. The minimum atomic E-state index is -0.541. The van der Waals surface area contributed by atoms with Crippen molar-refractivity contribution in [3.63, 3.8) is 0 Å². The summed E-state index contributed by atoms with van der Waals surface area (Å²) in [6.45, 7) is 0. The van der Waals surface area contributed by atoms with Gasteiger partial charge in [-0.3, -0.25) is 0 Å². The lowest BCUT2D eigenvalue weighted by atomic mass is 9.75. The molecule has 1 aliphatic carbocycles. The van der Waals surface area contributed by atoms with Gasteiger partial charge in [-0.25, -0.2) is 4.79 Å². The van der Waals surface area contributed by atoms with Crippen molar-refractivity contribution >= 4 is 84.6 Å². The summed E-state index contributed by atoms with van der Waals surface area (Å²) in [6, 6.07) is 34.1. The van der Waals surface area contributed by atoms with Crippen LogP contribution in [0.25, 0.3) is 0 Å². The maximum Gasteiger partial charge on any atom is 0.341 e. The van der Waals surface area contributed by atoms with E-state index in [9.17, 15) is 4.79 Å². The quantitative estimate of drug-likeness (QED) is 0.0843. The first kappa shape index (κ1) is 25.5. The zero-order valence-corrected chi connectivity index (χ0v) is 26.0. The molecule has 1 fully saturated rings. The van der Waals surface area contributed by atoms with E-state index in [1.165, 1.54) is 14.7 Å². The van der Waals surface area contributed by atoms with E-state index in [2.05, 4.69) is 153 Å². The van der Waals surface area contributed by atoms with E-state index < -0.39 is 5.60 Å². The van der Waals surface area contributed by atoms with Crippen LogP contribution in [0.4, 0.5) is 0 Å². The summed E-state index contributed by atoms with van der Waals surface area (Å²) in [7, 11) is -0.193. The lowest BCUT2D eigenvalue weighted by Crippen LogP contribution is -2.39. The van der Waals surface area contributed by atoms with Gasteiger partial charge in [-0.2, -0.15) is 0 Å². The molecule has 176 valence electrons. The highest BCUT2D eigenvalue weighted by Crippen LogP contribution is 2.46. The molecule has 35 heavy (non-hydrogen) atoms. The number of halogens is 3. The standard InChI is InChI=1S/C29H22I3O2S/c30-24-16-17-25(31)27(32)26(24)28(33)34-29(18-7-19-29)20-12-14-23(15-13-20)35(21-8-3-1-4-9-21)22-10-5-2-6-11-22/h1-6,8-17H,7,18-19H2/q+1. The van der Waals surface area contributed by atoms with Crippen LogP contribution in [-0.4, -0.2) is 5.97 Å². The van der Waals surface area contributed by atoms with Crippen molar-refractivity contribution in [3.05, 3.63) is 119 Å². The van der Waals surface area contributed by atoms with E-state index in [1.54, 1.807) is 0 Å². The topological polar surface area (TPSA) is 26.3 Å². The Morgan fingerprint density at radius 2 is 1.20 bits per heavy atom. The number of hydrogen-bond donors (Lipinski definition) is 0. The zero-order chi connectivity index (χ0) is 24.4. The number of carbonyl (C=O) groups excluding carboxylic acids is 1. The number of esters is 1. The van der Waals surface area contributed by atoms with Gasteiger partial charge >= 0.3 is 5.97 Å². The summed E-state index contributed by atoms with van der Waals surface area (Å²) >= 11 is 6.75. The lowest BCUT2D eigenvalue weighted by Gasteiger charge is -2.41. The Balaban J connectivity index is 1.46. The van der Waals surface area contributed by atoms with Crippen LogP contribution in [0.3, 0.4) is 0 Å². The molecule has 2 nitrogen and oxygen atoms in total. The molecule has 1 saturated carbocycles. The van der Waals surface area contributed by atoms with Crippen molar-refractivity contribution in [2.75, 3.05) is 0 Å². The molecule has 0 spiro atoms. The average Bonchev–Trinajstić information content (AvgIpc) is 2.86. The van der Waals surface area contributed by atoms with Crippen molar-refractivity contribution in [1.29, 1.82) is 0 Å². The fourth-order valence-corrected chi connectivity index (χ4v) is 8.72. The summed E-state index contributed by atoms with van der Waals surface area (Å²) in [5.41, 5.74) is 1.22. The highest BCUT2D eigenvalue weighted by Gasteiger charge is 2.44. The third-order valence-electron chi connectivity index (χ3n) is 6.27. The molecule has 0 saturated heterocycles. The first-order chi connectivity index (χ1) is 17.0. The highest BCUT2D eigenvalue weighted by molar-refractivity contribution is 14.1. The molecule has 0 N–H and O–H groups in total. The van der Waals surface area contributed by atoms with Gasteiger partial charge in [0.15, 0.2) is 14.7 Å². The Kier molecular flexibility index (Phi) is 8.10. The molecule has 0 aliphatic heterocycles. The fraction of sp³-hybridized carbons (Fsp3) is 0.138. The van der Waals surface area contributed by atoms with Crippen molar-refractivity contribution in [2.45, 2.75) is 39.5 Å². The third-order valence-corrected chi connectivity index (χ3v) is 12.5. The number of rotatable bonds is 6. The van der Waals surface area contributed by atoms with Crippen molar-refractivity contribution in [3.8, 4) is 0 Å². The number of hydrogen-bond acceptors (Lipinski definition) is 2. The Morgan fingerprint density at radius 1 is 0.686 bits per heavy atom. The third kappa shape index (κ3) is 5.31. The average molecular weight is 815 g/mol. The summed E-state index contributed by atoms with van der Waals surface area (Å²) in [5.74, 6) is -0.227. The second-order valence-electron chi connectivity index (χ2n) is 8.41. The molecule has 0 aromatic heterocycles.